The fourth-order valence-corrected chi connectivity index (χ4v) is 7.00. The number of allylic oxidation sites excluding steroid dienone is 4. The molecule has 0 spiro atoms. The van der Waals surface area contributed by atoms with Crippen LogP contribution in [-0.4, -0.2) is 91.8 Å². The topological polar surface area (TPSA) is 73.3 Å². The Morgan fingerprint density at radius 1 is 1.14 bits per heavy atom. The Hall–Kier alpha value is -1.83. The summed E-state index contributed by atoms with van der Waals surface area (Å²) in [5.74, 6) is 0. The maximum atomic E-state index is 13.5. The van der Waals surface area contributed by atoms with E-state index in [1.807, 2.05) is 17.9 Å². The number of alkyl halides is 3. The molecule has 2 heterocycles. The van der Waals surface area contributed by atoms with Crippen LogP contribution in [0.1, 0.15) is 25.8 Å². The highest BCUT2D eigenvalue weighted by Crippen LogP contribution is 2.39. The van der Waals surface area contributed by atoms with Crippen LogP contribution >= 0.6 is 12.2 Å². The highest BCUT2D eigenvalue weighted by atomic mass is 32.2. The third-order valence-corrected chi connectivity index (χ3v) is 9.60. The Morgan fingerprint density at radius 2 is 1.84 bits per heavy atom. The van der Waals surface area contributed by atoms with E-state index in [9.17, 15) is 26.7 Å². The van der Waals surface area contributed by atoms with Gasteiger partial charge >= 0.3 is 6.18 Å². The number of halogens is 3. The molecule has 7 nitrogen and oxygen atoms in total. The Labute approximate surface area is 221 Å². The quantitative estimate of drug-likeness (QED) is 0.537. The molecule has 1 aliphatic carbocycles. The first kappa shape index (κ1) is 28.2. The van der Waals surface area contributed by atoms with E-state index < -0.39 is 21.8 Å². The van der Waals surface area contributed by atoms with Crippen LogP contribution < -0.4 is 4.90 Å². The normalized spacial score (nSPS) is 26.2. The molecule has 204 valence electrons. The van der Waals surface area contributed by atoms with Gasteiger partial charge in [-0.3, -0.25) is 4.90 Å². The number of piperazine rings is 1. The number of hydrogen-bond donors (Lipinski definition) is 1. The predicted molar refractivity (Wildman–Crippen MR) is 140 cm³/mol. The second-order valence-corrected chi connectivity index (χ2v) is 12.3. The van der Waals surface area contributed by atoms with E-state index in [1.54, 1.807) is 18.2 Å². The number of morpholine rings is 1. The number of sulfonamides is 1. The fraction of sp³-hybridized carbons (Fsp3) is 0.560. The van der Waals surface area contributed by atoms with E-state index in [0.29, 0.717) is 49.8 Å². The van der Waals surface area contributed by atoms with Gasteiger partial charge in [0.15, 0.2) is 5.60 Å². The SMILES string of the molecule is C[C@@H]1CN(C[C@@H]2CN(S(=O)(=O)C3=CC=CCC3=S)CCN2c2ccc([C@@](C)(O)C(F)(F)F)cc2)CCO1. The van der Waals surface area contributed by atoms with Crippen LogP contribution in [0.2, 0.25) is 0 Å². The van der Waals surface area contributed by atoms with Crippen LogP contribution in [0, 0.1) is 0 Å². The molecule has 3 aliphatic rings. The Kier molecular flexibility index (Phi) is 8.18. The summed E-state index contributed by atoms with van der Waals surface area (Å²) in [7, 11) is -3.79. The van der Waals surface area contributed by atoms with E-state index in [4.69, 9.17) is 17.0 Å². The van der Waals surface area contributed by atoms with Crippen molar-refractivity contribution in [2.24, 2.45) is 0 Å². The summed E-state index contributed by atoms with van der Waals surface area (Å²) in [4.78, 5) is 4.79. The highest BCUT2D eigenvalue weighted by Gasteiger charge is 2.51. The van der Waals surface area contributed by atoms with Crippen molar-refractivity contribution in [3.8, 4) is 0 Å². The molecule has 12 heteroatoms. The average Bonchev–Trinajstić information content (AvgIpc) is 2.83. The average molecular weight is 560 g/mol. The van der Waals surface area contributed by atoms with E-state index in [2.05, 4.69) is 4.90 Å². The third-order valence-electron chi connectivity index (χ3n) is 7.13. The zero-order valence-electron chi connectivity index (χ0n) is 20.8. The summed E-state index contributed by atoms with van der Waals surface area (Å²) < 4.78 is 74.0. The fourth-order valence-electron chi connectivity index (χ4n) is 4.93. The maximum absolute atomic E-state index is 13.5. The Morgan fingerprint density at radius 3 is 2.46 bits per heavy atom. The Bertz CT molecular complexity index is 1170. The maximum Gasteiger partial charge on any atom is 0.421 e. The van der Waals surface area contributed by atoms with Crippen molar-refractivity contribution < 1.29 is 31.4 Å². The molecule has 2 saturated heterocycles. The summed E-state index contributed by atoms with van der Waals surface area (Å²) >= 11 is 5.33. The molecule has 0 bridgehead atoms. The Balaban J connectivity index is 1.60. The van der Waals surface area contributed by atoms with Gasteiger partial charge in [-0.15, -0.1) is 0 Å². The van der Waals surface area contributed by atoms with Gasteiger partial charge in [0.25, 0.3) is 0 Å². The van der Waals surface area contributed by atoms with Gasteiger partial charge in [0.2, 0.25) is 10.0 Å². The summed E-state index contributed by atoms with van der Waals surface area (Å²) in [5.41, 5.74) is -2.56. The van der Waals surface area contributed by atoms with Crippen LogP contribution in [0.25, 0.3) is 0 Å². The van der Waals surface area contributed by atoms with Crippen LogP contribution in [-0.2, 0) is 20.4 Å². The largest absolute Gasteiger partial charge is 0.421 e. The molecule has 37 heavy (non-hydrogen) atoms. The van der Waals surface area contributed by atoms with E-state index >= 15 is 0 Å². The first-order valence-electron chi connectivity index (χ1n) is 12.2. The van der Waals surface area contributed by atoms with Gasteiger partial charge in [-0.25, -0.2) is 8.42 Å². The van der Waals surface area contributed by atoms with Gasteiger partial charge in [0, 0.05) is 56.2 Å². The summed E-state index contributed by atoms with van der Waals surface area (Å²) in [5, 5.41) is 10.0. The molecule has 0 aromatic heterocycles. The summed E-state index contributed by atoms with van der Waals surface area (Å²) in [6.07, 6.45) is 0.699. The standard InChI is InChI=1S/C25H32F3N3O4S2/c1-18-15-29(13-14-35-18)16-21-17-30(37(33,34)23-6-4-3-5-22(23)36)11-12-31(21)20-9-7-19(8-10-20)24(2,32)25(26,27)28/h3-4,6-10,18,21,32H,5,11-17H2,1-2H3/t18-,21-,24-/m1/s1. The number of thiocarbonyl (C=S) groups is 1. The molecule has 1 N–H and O–H groups in total. The number of benzene rings is 1. The number of nitrogens with zero attached hydrogens (tertiary/aromatic N) is 3. The molecule has 2 fully saturated rings. The lowest BCUT2D eigenvalue weighted by molar-refractivity contribution is -0.258. The van der Waals surface area contributed by atoms with E-state index in [-0.39, 0.29) is 35.7 Å². The summed E-state index contributed by atoms with van der Waals surface area (Å²) in [6, 6.07) is 5.40. The number of ether oxygens (including phenoxy) is 1. The molecule has 4 rings (SSSR count). The molecule has 0 amide bonds. The van der Waals surface area contributed by atoms with Crippen molar-refractivity contribution in [1.29, 1.82) is 0 Å². The zero-order valence-corrected chi connectivity index (χ0v) is 22.4. The number of anilines is 1. The van der Waals surface area contributed by atoms with Gasteiger partial charge in [-0.1, -0.05) is 36.5 Å². The third kappa shape index (κ3) is 5.94. The first-order chi connectivity index (χ1) is 17.3. The monoisotopic (exact) mass is 559 g/mol. The molecule has 3 atom stereocenters. The van der Waals surface area contributed by atoms with Crippen molar-refractivity contribution in [2.45, 2.75) is 44.2 Å². The van der Waals surface area contributed by atoms with Crippen molar-refractivity contribution >= 4 is 32.8 Å². The lowest BCUT2D eigenvalue weighted by atomic mass is 9.95. The van der Waals surface area contributed by atoms with Gasteiger partial charge in [0.1, 0.15) is 0 Å². The number of aliphatic hydroxyl groups is 1. The number of rotatable bonds is 6. The molecule has 0 saturated carbocycles. The lowest BCUT2D eigenvalue weighted by Crippen LogP contribution is -2.59. The molecule has 0 radical (unpaired) electrons. The zero-order chi connectivity index (χ0) is 27.0. The van der Waals surface area contributed by atoms with Gasteiger partial charge in [-0.05, 0) is 37.6 Å². The molecular formula is C25H32F3N3O4S2. The van der Waals surface area contributed by atoms with E-state index in [0.717, 1.165) is 6.92 Å². The minimum Gasteiger partial charge on any atom is -0.376 e. The van der Waals surface area contributed by atoms with E-state index in [1.165, 1.54) is 22.5 Å². The van der Waals surface area contributed by atoms with Gasteiger partial charge in [-0.2, -0.15) is 17.5 Å². The van der Waals surface area contributed by atoms with Gasteiger partial charge in [0.05, 0.1) is 23.7 Å². The van der Waals surface area contributed by atoms with Crippen molar-refractivity contribution in [2.75, 3.05) is 50.8 Å². The summed E-state index contributed by atoms with van der Waals surface area (Å²) in [6.45, 7) is 6.03. The van der Waals surface area contributed by atoms with Crippen molar-refractivity contribution in [1.82, 2.24) is 9.21 Å². The molecule has 0 unspecified atom stereocenters. The van der Waals surface area contributed by atoms with Crippen LogP contribution in [0.15, 0.2) is 47.4 Å². The second-order valence-electron chi connectivity index (χ2n) is 9.85. The molecular weight excluding hydrogens is 527 g/mol. The minimum atomic E-state index is -4.81. The second kappa shape index (κ2) is 10.7. The molecule has 2 aliphatic heterocycles. The van der Waals surface area contributed by atoms with Crippen molar-refractivity contribution in [3.05, 3.63) is 53.0 Å². The molecule has 1 aromatic carbocycles. The van der Waals surface area contributed by atoms with Gasteiger partial charge < -0.3 is 14.7 Å². The molecule has 1 aromatic rings. The predicted octanol–water partition coefficient (Wildman–Crippen LogP) is 3.21. The van der Waals surface area contributed by atoms with Crippen LogP contribution in [0.4, 0.5) is 18.9 Å². The lowest BCUT2D eigenvalue weighted by Gasteiger charge is -2.45. The number of hydrogen-bond acceptors (Lipinski definition) is 7. The minimum absolute atomic E-state index is 0.0473. The van der Waals surface area contributed by atoms with Crippen molar-refractivity contribution in [3.63, 3.8) is 0 Å². The smallest absolute Gasteiger partial charge is 0.376 e. The van der Waals surface area contributed by atoms with Crippen LogP contribution in [0.3, 0.4) is 0 Å². The van der Waals surface area contributed by atoms with Crippen LogP contribution in [0.5, 0.6) is 0 Å². The first-order valence-corrected chi connectivity index (χ1v) is 14.1. The highest BCUT2D eigenvalue weighted by molar-refractivity contribution is 7.96.